The quantitative estimate of drug-likeness (QED) is 0.842. The van der Waals surface area contributed by atoms with Gasteiger partial charge in [-0.25, -0.2) is 0 Å². The van der Waals surface area contributed by atoms with Gasteiger partial charge in [-0.3, -0.25) is 4.79 Å². The van der Waals surface area contributed by atoms with Crippen molar-refractivity contribution in [3.05, 3.63) is 34.9 Å². The van der Waals surface area contributed by atoms with Crippen molar-refractivity contribution in [3.8, 4) is 0 Å². The number of ketones is 1. The number of nitrogens with zero attached hydrogens (tertiary/aromatic N) is 1. The number of rotatable bonds is 4. The molecule has 1 aromatic rings. The fourth-order valence-electron chi connectivity index (χ4n) is 2.56. The van der Waals surface area contributed by atoms with Gasteiger partial charge < -0.3 is 10.2 Å². The zero-order valence-corrected chi connectivity index (χ0v) is 12.0. The number of carbonyl (C=O) groups is 1. The molecular formula is C16H24N2O. The summed E-state index contributed by atoms with van der Waals surface area (Å²) in [6, 6.07) is 6.12. The molecule has 0 aliphatic carbocycles. The van der Waals surface area contributed by atoms with Crippen molar-refractivity contribution in [3.63, 3.8) is 0 Å². The monoisotopic (exact) mass is 260 g/mol. The number of hydrogen-bond donors (Lipinski definition) is 1. The first-order chi connectivity index (χ1) is 9.16. The second kappa shape index (κ2) is 6.83. The third-order valence-corrected chi connectivity index (χ3v) is 3.78. The first-order valence-corrected chi connectivity index (χ1v) is 7.20. The van der Waals surface area contributed by atoms with Gasteiger partial charge in [0.25, 0.3) is 0 Å². The van der Waals surface area contributed by atoms with E-state index in [0.717, 1.165) is 49.4 Å². The van der Waals surface area contributed by atoms with Gasteiger partial charge >= 0.3 is 0 Å². The van der Waals surface area contributed by atoms with E-state index in [1.54, 1.807) is 0 Å². The normalized spacial score (nSPS) is 17.2. The Labute approximate surface area is 116 Å². The van der Waals surface area contributed by atoms with E-state index in [2.05, 4.69) is 16.3 Å². The molecule has 1 saturated heterocycles. The summed E-state index contributed by atoms with van der Waals surface area (Å²) in [5.74, 6) is 0.276. The Balaban J connectivity index is 1.91. The molecule has 1 aliphatic rings. The minimum atomic E-state index is 0.276. The van der Waals surface area contributed by atoms with Gasteiger partial charge in [0.2, 0.25) is 0 Å². The maximum atomic E-state index is 12.3. The summed E-state index contributed by atoms with van der Waals surface area (Å²) in [7, 11) is 0. The van der Waals surface area contributed by atoms with E-state index in [4.69, 9.17) is 0 Å². The third kappa shape index (κ3) is 4.15. The highest BCUT2D eigenvalue weighted by Crippen LogP contribution is 2.13. The molecule has 2 rings (SSSR count). The van der Waals surface area contributed by atoms with Crippen molar-refractivity contribution >= 4 is 5.78 Å². The van der Waals surface area contributed by atoms with E-state index >= 15 is 0 Å². The van der Waals surface area contributed by atoms with Gasteiger partial charge in [0.1, 0.15) is 0 Å². The van der Waals surface area contributed by atoms with E-state index in [1.165, 1.54) is 6.42 Å². The van der Waals surface area contributed by atoms with Crippen molar-refractivity contribution in [2.75, 3.05) is 32.7 Å². The molecule has 19 heavy (non-hydrogen) atoms. The van der Waals surface area contributed by atoms with Gasteiger partial charge in [-0.1, -0.05) is 17.7 Å². The maximum absolute atomic E-state index is 12.3. The van der Waals surface area contributed by atoms with Crippen LogP contribution in [-0.2, 0) is 0 Å². The van der Waals surface area contributed by atoms with Crippen LogP contribution >= 0.6 is 0 Å². The van der Waals surface area contributed by atoms with E-state index < -0.39 is 0 Å². The molecule has 0 atom stereocenters. The number of carbonyl (C=O) groups excluding carboxylic acids is 1. The lowest BCUT2D eigenvalue weighted by Gasteiger charge is -2.19. The molecule has 0 amide bonds. The van der Waals surface area contributed by atoms with Gasteiger partial charge in [0.05, 0.1) is 0 Å². The van der Waals surface area contributed by atoms with E-state index in [9.17, 15) is 4.79 Å². The van der Waals surface area contributed by atoms with E-state index in [1.807, 2.05) is 26.0 Å². The summed E-state index contributed by atoms with van der Waals surface area (Å²) in [4.78, 5) is 14.7. The fourth-order valence-corrected chi connectivity index (χ4v) is 2.56. The number of hydrogen-bond acceptors (Lipinski definition) is 3. The first kappa shape index (κ1) is 14.2. The van der Waals surface area contributed by atoms with Crippen LogP contribution in [-0.4, -0.2) is 43.4 Å². The predicted molar refractivity (Wildman–Crippen MR) is 78.8 cm³/mol. The Morgan fingerprint density at radius 1 is 1.26 bits per heavy atom. The standard InChI is InChI=1S/C16H24N2O/c1-13-4-5-14(2)15(12-13)16(19)6-10-18-9-3-7-17-8-11-18/h4-5,12,17H,3,6-11H2,1-2H3. The van der Waals surface area contributed by atoms with Crippen molar-refractivity contribution in [2.24, 2.45) is 0 Å². The molecule has 3 heteroatoms. The minimum absolute atomic E-state index is 0.276. The van der Waals surface area contributed by atoms with Crippen LogP contribution in [0.1, 0.15) is 34.3 Å². The highest BCUT2D eigenvalue weighted by Gasteiger charge is 2.13. The lowest BCUT2D eigenvalue weighted by molar-refractivity contribution is 0.0965. The summed E-state index contributed by atoms with van der Waals surface area (Å²) in [6.45, 7) is 9.24. The van der Waals surface area contributed by atoms with Crippen molar-refractivity contribution in [2.45, 2.75) is 26.7 Å². The zero-order chi connectivity index (χ0) is 13.7. The highest BCUT2D eigenvalue weighted by atomic mass is 16.1. The number of aryl methyl sites for hydroxylation is 2. The Morgan fingerprint density at radius 3 is 2.95 bits per heavy atom. The van der Waals surface area contributed by atoms with E-state index in [0.29, 0.717) is 6.42 Å². The SMILES string of the molecule is Cc1ccc(C)c(C(=O)CCN2CCCNCC2)c1. The van der Waals surface area contributed by atoms with Crippen LogP contribution in [0.2, 0.25) is 0 Å². The Hall–Kier alpha value is -1.19. The largest absolute Gasteiger partial charge is 0.315 e. The maximum Gasteiger partial charge on any atom is 0.164 e. The van der Waals surface area contributed by atoms with Crippen LogP contribution in [0.3, 0.4) is 0 Å². The topological polar surface area (TPSA) is 32.3 Å². The summed E-state index contributed by atoms with van der Waals surface area (Å²) in [5, 5.41) is 3.39. The van der Waals surface area contributed by atoms with Crippen LogP contribution in [0.5, 0.6) is 0 Å². The molecule has 1 fully saturated rings. The lowest BCUT2D eigenvalue weighted by atomic mass is 10.00. The average molecular weight is 260 g/mol. The third-order valence-electron chi connectivity index (χ3n) is 3.78. The molecule has 1 aliphatic heterocycles. The molecule has 1 aromatic carbocycles. The second-order valence-corrected chi connectivity index (χ2v) is 5.44. The smallest absolute Gasteiger partial charge is 0.164 e. The van der Waals surface area contributed by atoms with Gasteiger partial charge in [0.15, 0.2) is 5.78 Å². The highest BCUT2D eigenvalue weighted by molar-refractivity contribution is 5.97. The molecule has 1 heterocycles. The molecule has 3 nitrogen and oxygen atoms in total. The molecule has 104 valence electrons. The Bertz CT molecular complexity index is 434. The molecular weight excluding hydrogens is 236 g/mol. The summed E-state index contributed by atoms with van der Waals surface area (Å²) < 4.78 is 0. The van der Waals surface area contributed by atoms with Crippen molar-refractivity contribution < 1.29 is 4.79 Å². The molecule has 0 saturated carbocycles. The predicted octanol–water partition coefficient (Wildman–Crippen LogP) is 2.17. The minimum Gasteiger partial charge on any atom is -0.315 e. The molecule has 0 unspecified atom stereocenters. The van der Waals surface area contributed by atoms with Crippen LogP contribution in [0.15, 0.2) is 18.2 Å². The molecule has 0 bridgehead atoms. The molecule has 0 aromatic heterocycles. The van der Waals surface area contributed by atoms with Crippen LogP contribution in [0, 0.1) is 13.8 Å². The van der Waals surface area contributed by atoms with Crippen molar-refractivity contribution in [1.82, 2.24) is 10.2 Å². The molecule has 0 spiro atoms. The molecule has 1 N–H and O–H groups in total. The van der Waals surface area contributed by atoms with Crippen LogP contribution in [0.25, 0.3) is 0 Å². The van der Waals surface area contributed by atoms with Gasteiger partial charge in [-0.2, -0.15) is 0 Å². The van der Waals surface area contributed by atoms with E-state index in [-0.39, 0.29) is 5.78 Å². The zero-order valence-electron chi connectivity index (χ0n) is 12.0. The number of benzene rings is 1. The van der Waals surface area contributed by atoms with Gasteiger partial charge in [-0.15, -0.1) is 0 Å². The summed E-state index contributed by atoms with van der Waals surface area (Å²) >= 11 is 0. The van der Waals surface area contributed by atoms with Gasteiger partial charge in [-0.05, 0) is 45.0 Å². The Kier molecular flexibility index (Phi) is 5.11. The number of Topliss-reactive ketones (excluding diaryl/α,β-unsaturated/α-hetero) is 1. The first-order valence-electron chi connectivity index (χ1n) is 7.20. The number of nitrogens with one attached hydrogen (secondary N) is 1. The fraction of sp³-hybridized carbons (Fsp3) is 0.562. The lowest BCUT2D eigenvalue weighted by Crippen LogP contribution is -2.30. The summed E-state index contributed by atoms with van der Waals surface area (Å²) in [5.41, 5.74) is 3.15. The summed E-state index contributed by atoms with van der Waals surface area (Å²) in [6.07, 6.45) is 1.81. The Morgan fingerprint density at radius 2 is 2.11 bits per heavy atom. The van der Waals surface area contributed by atoms with Crippen LogP contribution in [0.4, 0.5) is 0 Å². The van der Waals surface area contributed by atoms with Gasteiger partial charge in [0, 0.05) is 31.6 Å². The van der Waals surface area contributed by atoms with Crippen molar-refractivity contribution in [1.29, 1.82) is 0 Å². The second-order valence-electron chi connectivity index (χ2n) is 5.44. The average Bonchev–Trinajstić information content (AvgIpc) is 2.67. The molecule has 0 radical (unpaired) electrons. The van der Waals surface area contributed by atoms with Crippen LogP contribution < -0.4 is 5.32 Å².